The van der Waals surface area contributed by atoms with Crippen LogP contribution in [0.3, 0.4) is 0 Å². The number of nitrogens with zero attached hydrogens (tertiary/aromatic N) is 1. The largest absolute Gasteiger partial charge is 0.453 e. The van der Waals surface area contributed by atoms with E-state index in [0.29, 0.717) is 17.0 Å². The molecule has 29 heavy (non-hydrogen) atoms. The molecule has 1 atom stereocenters. The van der Waals surface area contributed by atoms with Crippen molar-refractivity contribution in [1.82, 2.24) is 4.98 Å². The first kappa shape index (κ1) is 20.4. The molecule has 3 rings (SSSR count). The maximum atomic E-state index is 12.6. The number of amides is 1. The number of esters is 1. The van der Waals surface area contributed by atoms with Gasteiger partial charge in [0.25, 0.3) is 5.91 Å². The van der Waals surface area contributed by atoms with Gasteiger partial charge in [0.2, 0.25) is 0 Å². The Morgan fingerprint density at radius 1 is 1.14 bits per heavy atom. The number of oxazole rings is 1. The van der Waals surface area contributed by atoms with Crippen LogP contribution < -0.4 is 5.32 Å². The molecule has 1 heterocycles. The highest BCUT2D eigenvalue weighted by Gasteiger charge is 2.30. The summed E-state index contributed by atoms with van der Waals surface area (Å²) in [4.78, 5) is 28.3. The number of anilines is 1. The van der Waals surface area contributed by atoms with Crippen LogP contribution in [0.2, 0.25) is 0 Å². The Kier molecular flexibility index (Phi) is 5.86. The predicted octanol–water partition coefficient (Wildman–Crippen LogP) is 4.35. The molecule has 0 fully saturated rings. The summed E-state index contributed by atoms with van der Waals surface area (Å²) in [5.41, 5.74) is 0.631. The maximum absolute atomic E-state index is 12.6. The quantitative estimate of drug-likeness (QED) is 0.616. The Morgan fingerprint density at radius 2 is 1.83 bits per heavy atom. The third-order valence-corrected chi connectivity index (χ3v) is 4.04. The molecule has 0 bridgehead atoms. The zero-order valence-electron chi connectivity index (χ0n) is 15.3. The Labute approximate surface area is 163 Å². The van der Waals surface area contributed by atoms with Crippen molar-refractivity contribution in [3.8, 4) is 0 Å². The van der Waals surface area contributed by atoms with Crippen molar-refractivity contribution in [3.63, 3.8) is 0 Å². The van der Waals surface area contributed by atoms with E-state index >= 15 is 0 Å². The predicted molar refractivity (Wildman–Crippen MR) is 98.0 cm³/mol. The smallest absolute Gasteiger partial charge is 0.416 e. The van der Waals surface area contributed by atoms with E-state index < -0.39 is 29.7 Å². The van der Waals surface area contributed by atoms with Crippen molar-refractivity contribution in [3.05, 3.63) is 60.0 Å². The second-order valence-corrected chi connectivity index (χ2v) is 6.27. The van der Waals surface area contributed by atoms with Crippen molar-refractivity contribution in [1.29, 1.82) is 0 Å². The van der Waals surface area contributed by atoms with Crippen LogP contribution in [0, 0.1) is 0 Å². The monoisotopic (exact) mass is 406 g/mol. The Hall–Kier alpha value is -3.36. The highest BCUT2D eigenvalue weighted by molar-refractivity contribution is 5.95. The summed E-state index contributed by atoms with van der Waals surface area (Å²) in [5.74, 6) is -0.896. The van der Waals surface area contributed by atoms with Gasteiger partial charge in [-0.2, -0.15) is 13.2 Å². The molecule has 0 radical (unpaired) electrons. The lowest BCUT2D eigenvalue weighted by Gasteiger charge is -2.14. The number of carbonyl (C=O) groups is 2. The molecule has 6 nitrogen and oxygen atoms in total. The van der Waals surface area contributed by atoms with Gasteiger partial charge >= 0.3 is 12.1 Å². The van der Waals surface area contributed by atoms with E-state index in [-0.39, 0.29) is 18.5 Å². The number of fused-ring (bicyclic) bond motifs is 1. The molecule has 2 aromatic carbocycles. The van der Waals surface area contributed by atoms with Crippen LogP contribution in [0.4, 0.5) is 18.9 Å². The lowest BCUT2D eigenvalue weighted by Crippen LogP contribution is -2.30. The van der Waals surface area contributed by atoms with Crippen molar-refractivity contribution in [2.45, 2.75) is 32.0 Å². The first-order valence-electron chi connectivity index (χ1n) is 8.74. The zero-order valence-corrected chi connectivity index (χ0v) is 15.3. The van der Waals surface area contributed by atoms with Gasteiger partial charge in [0.15, 0.2) is 17.6 Å². The normalized spacial score (nSPS) is 12.6. The van der Waals surface area contributed by atoms with Gasteiger partial charge in [-0.15, -0.1) is 0 Å². The van der Waals surface area contributed by atoms with Crippen LogP contribution in [-0.2, 0) is 26.9 Å². The van der Waals surface area contributed by atoms with E-state index in [4.69, 9.17) is 9.15 Å². The summed E-state index contributed by atoms with van der Waals surface area (Å²) in [6.45, 7) is 1.37. The minimum absolute atomic E-state index is 0.0370. The van der Waals surface area contributed by atoms with Crippen LogP contribution in [0.25, 0.3) is 11.1 Å². The number of carbonyl (C=O) groups excluding carboxylic acids is 2. The lowest BCUT2D eigenvalue weighted by molar-refractivity contribution is -0.153. The summed E-state index contributed by atoms with van der Waals surface area (Å²) in [6, 6.07) is 11.1. The van der Waals surface area contributed by atoms with Gasteiger partial charge in [-0.05, 0) is 43.3 Å². The molecular formula is C20H17F3N2O4. The molecule has 0 saturated heterocycles. The van der Waals surface area contributed by atoms with Gasteiger partial charge in [0, 0.05) is 12.1 Å². The van der Waals surface area contributed by atoms with Crippen LogP contribution >= 0.6 is 0 Å². The summed E-state index contributed by atoms with van der Waals surface area (Å²) >= 11 is 0. The zero-order chi connectivity index (χ0) is 21.0. The fourth-order valence-electron chi connectivity index (χ4n) is 2.53. The molecule has 0 saturated carbocycles. The topological polar surface area (TPSA) is 81.4 Å². The first-order chi connectivity index (χ1) is 13.7. The second-order valence-electron chi connectivity index (χ2n) is 6.27. The maximum Gasteiger partial charge on any atom is 0.416 e. The Bertz CT molecular complexity index is 979. The number of aryl methyl sites for hydroxylation is 1. The third kappa shape index (κ3) is 5.34. The number of hydrogen-bond donors (Lipinski definition) is 1. The molecule has 0 aliphatic rings. The van der Waals surface area contributed by atoms with Crippen LogP contribution in [0.15, 0.2) is 52.9 Å². The molecule has 0 spiro atoms. The van der Waals surface area contributed by atoms with Gasteiger partial charge in [-0.1, -0.05) is 12.1 Å². The standard InChI is InChI=1S/C20H17F3N2O4/c1-12(19(27)24-14-8-6-13(7-9-14)20(21,22)23)28-18(26)11-10-17-25-15-4-2-3-5-16(15)29-17/h2-9,12H,10-11H2,1H3,(H,24,27)/t12-/m0/s1. The second kappa shape index (κ2) is 8.34. The van der Waals surface area contributed by atoms with Gasteiger partial charge in [-0.25, -0.2) is 4.98 Å². The number of halogens is 3. The number of rotatable bonds is 6. The highest BCUT2D eigenvalue weighted by atomic mass is 19.4. The molecule has 3 aromatic rings. The summed E-state index contributed by atoms with van der Waals surface area (Å²) in [6.07, 6.45) is -5.40. The number of hydrogen-bond acceptors (Lipinski definition) is 5. The number of alkyl halides is 3. The molecule has 1 N–H and O–H groups in total. The van der Waals surface area contributed by atoms with E-state index in [9.17, 15) is 22.8 Å². The molecule has 1 amide bonds. The number of benzene rings is 2. The van der Waals surface area contributed by atoms with Crippen molar-refractivity contribution in [2.24, 2.45) is 0 Å². The molecular weight excluding hydrogens is 389 g/mol. The third-order valence-electron chi connectivity index (χ3n) is 4.04. The summed E-state index contributed by atoms with van der Waals surface area (Å²) < 4.78 is 48.2. The molecule has 9 heteroatoms. The number of aromatic nitrogens is 1. The number of nitrogens with one attached hydrogen (secondary N) is 1. The Morgan fingerprint density at radius 3 is 2.48 bits per heavy atom. The van der Waals surface area contributed by atoms with E-state index in [2.05, 4.69) is 10.3 Å². The van der Waals surface area contributed by atoms with Crippen molar-refractivity contribution >= 4 is 28.7 Å². The minimum atomic E-state index is -4.46. The van der Waals surface area contributed by atoms with E-state index in [1.54, 1.807) is 12.1 Å². The molecule has 152 valence electrons. The average Bonchev–Trinajstić information content (AvgIpc) is 3.09. The molecule has 0 aliphatic carbocycles. The van der Waals surface area contributed by atoms with Crippen molar-refractivity contribution in [2.75, 3.05) is 5.32 Å². The van der Waals surface area contributed by atoms with E-state index in [0.717, 1.165) is 24.3 Å². The minimum Gasteiger partial charge on any atom is -0.453 e. The number of para-hydroxylation sites is 2. The highest BCUT2D eigenvalue weighted by Crippen LogP contribution is 2.29. The summed E-state index contributed by atoms with van der Waals surface area (Å²) in [5, 5.41) is 2.40. The Balaban J connectivity index is 1.49. The molecule has 0 unspecified atom stereocenters. The first-order valence-corrected chi connectivity index (χ1v) is 8.74. The number of ether oxygens (including phenoxy) is 1. The van der Waals surface area contributed by atoms with Crippen LogP contribution in [0.5, 0.6) is 0 Å². The fourth-order valence-corrected chi connectivity index (χ4v) is 2.53. The molecule has 0 aliphatic heterocycles. The van der Waals surface area contributed by atoms with Gasteiger partial charge in [-0.3, -0.25) is 9.59 Å². The average molecular weight is 406 g/mol. The van der Waals surface area contributed by atoms with Gasteiger partial charge in [0.1, 0.15) is 5.52 Å². The summed E-state index contributed by atoms with van der Waals surface area (Å²) in [7, 11) is 0. The van der Waals surface area contributed by atoms with Gasteiger partial charge < -0.3 is 14.5 Å². The van der Waals surface area contributed by atoms with E-state index in [1.165, 1.54) is 6.92 Å². The van der Waals surface area contributed by atoms with Gasteiger partial charge in [0.05, 0.1) is 12.0 Å². The van der Waals surface area contributed by atoms with Crippen LogP contribution in [0.1, 0.15) is 24.8 Å². The lowest BCUT2D eigenvalue weighted by atomic mass is 10.2. The van der Waals surface area contributed by atoms with Crippen molar-refractivity contribution < 1.29 is 31.9 Å². The SMILES string of the molecule is C[C@H](OC(=O)CCc1nc2ccccc2o1)C(=O)Nc1ccc(C(F)(F)F)cc1. The van der Waals surface area contributed by atoms with E-state index in [1.807, 2.05) is 12.1 Å². The fraction of sp³-hybridized carbons (Fsp3) is 0.250. The van der Waals surface area contributed by atoms with Crippen LogP contribution in [-0.4, -0.2) is 23.0 Å². The molecule has 1 aromatic heterocycles.